The molecule has 2 aromatic heterocycles. The van der Waals surface area contributed by atoms with Crippen molar-refractivity contribution in [1.29, 1.82) is 0 Å². The Morgan fingerprint density at radius 3 is 3.10 bits per heavy atom. The number of nitrogens with one attached hydrogen (secondary N) is 2. The van der Waals surface area contributed by atoms with E-state index in [4.69, 9.17) is 5.73 Å². The van der Waals surface area contributed by atoms with Crippen molar-refractivity contribution in [2.45, 2.75) is 25.3 Å². The summed E-state index contributed by atoms with van der Waals surface area (Å²) in [6.07, 6.45) is 8.40. The summed E-state index contributed by atoms with van der Waals surface area (Å²) in [4.78, 5) is 22.8. The van der Waals surface area contributed by atoms with Gasteiger partial charge in [-0.1, -0.05) is 22.0 Å². The molecule has 1 aliphatic carbocycles. The third kappa shape index (κ3) is 2.29. The van der Waals surface area contributed by atoms with E-state index in [1.54, 1.807) is 6.20 Å². The number of fused-ring (bicyclic) bond motifs is 1. The van der Waals surface area contributed by atoms with E-state index in [-0.39, 0.29) is 6.04 Å². The summed E-state index contributed by atoms with van der Waals surface area (Å²) in [5, 5.41) is 4.01. The molecule has 7 heteroatoms. The molecule has 0 fully saturated rings. The summed E-state index contributed by atoms with van der Waals surface area (Å²) in [6, 6.07) is 0.164. The van der Waals surface area contributed by atoms with E-state index in [2.05, 4.69) is 42.3 Å². The molecule has 1 atom stereocenters. The van der Waals surface area contributed by atoms with Crippen molar-refractivity contribution in [3.8, 4) is 0 Å². The molecule has 1 amide bonds. The van der Waals surface area contributed by atoms with Gasteiger partial charge < -0.3 is 16.0 Å². The Kier molecular flexibility index (Phi) is 3.43. The van der Waals surface area contributed by atoms with Crippen molar-refractivity contribution in [3.05, 3.63) is 28.6 Å². The zero-order valence-corrected chi connectivity index (χ0v) is 12.3. The lowest BCUT2D eigenvalue weighted by Gasteiger charge is -2.22. The van der Waals surface area contributed by atoms with Crippen LogP contribution in [0.4, 0.5) is 5.82 Å². The Labute approximate surface area is 124 Å². The Hall–Kier alpha value is -1.89. The third-order valence-electron chi connectivity index (χ3n) is 3.42. The molecule has 2 heterocycles. The maximum Gasteiger partial charge on any atom is 0.251 e. The molecule has 4 N–H and O–H groups in total. The van der Waals surface area contributed by atoms with Crippen LogP contribution in [0.3, 0.4) is 0 Å². The van der Waals surface area contributed by atoms with Crippen molar-refractivity contribution >= 4 is 38.7 Å². The van der Waals surface area contributed by atoms with Crippen LogP contribution < -0.4 is 11.1 Å². The highest BCUT2D eigenvalue weighted by molar-refractivity contribution is 9.11. The fourth-order valence-corrected chi connectivity index (χ4v) is 2.99. The Balaban J connectivity index is 2.02. The number of allylic oxidation sites excluding steroid dienone is 1. The van der Waals surface area contributed by atoms with E-state index in [0.717, 1.165) is 23.7 Å². The first-order valence-electron chi connectivity index (χ1n) is 6.41. The fraction of sp³-hybridized carbons (Fsp3) is 0.308. The predicted molar refractivity (Wildman–Crippen MR) is 80.7 cm³/mol. The smallest absolute Gasteiger partial charge is 0.251 e. The van der Waals surface area contributed by atoms with Crippen LogP contribution in [-0.2, 0) is 0 Å². The fourth-order valence-electron chi connectivity index (χ4n) is 2.41. The van der Waals surface area contributed by atoms with E-state index in [9.17, 15) is 4.79 Å². The summed E-state index contributed by atoms with van der Waals surface area (Å²) in [6.45, 7) is 0. The number of nitrogens with zero attached hydrogens (tertiary/aromatic N) is 2. The molecule has 0 aliphatic heterocycles. The molecule has 20 heavy (non-hydrogen) atoms. The number of halogens is 1. The van der Waals surface area contributed by atoms with E-state index in [0.29, 0.717) is 22.4 Å². The normalized spacial score (nSPS) is 18.9. The predicted octanol–water partition coefficient (Wildman–Crippen LogP) is 2.30. The first-order valence-corrected chi connectivity index (χ1v) is 7.20. The molecule has 0 saturated heterocycles. The molecular weight excluding hydrogens is 322 g/mol. The van der Waals surface area contributed by atoms with Crippen LogP contribution in [0.25, 0.3) is 11.0 Å². The van der Waals surface area contributed by atoms with Crippen LogP contribution >= 0.6 is 15.9 Å². The average molecular weight is 336 g/mol. The molecule has 3 rings (SSSR count). The second kappa shape index (κ2) is 5.24. The largest absolute Gasteiger partial charge is 0.366 e. The number of amides is 1. The molecular formula is C13H14BrN5O. The minimum atomic E-state index is -0.493. The van der Waals surface area contributed by atoms with Gasteiger partial charge >= 0.3 is 0 Å². The highest BCUT2D eigenvalue weighted by Gasteiger charge is 2.20. The van der Waals surface area contributed by atoms with Gasteiger partial charge in [0.2, 0.25) is 0 Å². The molecule has 0 unspecified atom stereocenters. The number of hydrogen-bond donors (Lipinski definition) is 3. The van der Waals surface area contributed by atoms with Crippen LogP contribution in [0.15, 0.2) is 23.1 Å². The second-order valence-corrected chi connectivity index (χ2v) is 5.64. The number of rotatable bonds is 3. The van der Waals surface area contributed by atoms with E-state index < -0.39 is 5.91 Å². The number of anilines is 1. The minimum Gasteiger partial charge on any atom is -0.366 e. The van der Waals surface area contributed by atoms with Gasteiger partial charge in [-0.05, 0) is 19.3 Å². The third-order valence-corrected chi connectivity index (χ3v) is 4.29. The summed E-state index contributed by atoms with van der Waals surface area (Å²) in [5.41, 5.74) is 6.40. The van der Waals surface area contributed by atoms with Crippen LogP contribution in [0, 0.1) is 0 Å². The molecule has 1 aliphatic rings. The van der Waals surface area contributed by atoms with E-state index in [1.807, 2.05) is 0 Å². The van der Waals surface area contributed by atoms with Crippen LogP contribution in [-0.4, -0.2) is 26.9 Å². The average Bonchev–Trinajstić information content (AvgIpc) is 2.86. The van der Waals surface area contributed by atoms with Crippen LogP contribution in [0.2, 0.25) is 0 Å². The van der Waals surface area contributed by atoms with Gasteiger partial charge in [-0.3, -0.25) is 4.79 Å². The van der Waals surface area contributed by atoms with Gasteiger partial charge in [0.25, 0.3) is 5.91 Å². The standard InChI is InChI=1S/C13H14BrN5O/c14-8-3-1-2-4-9(8)19-13-10-7(11(15)20)5-16-12(10)17-6-18-13/h3,5-6,9H,1-2,4H2,(H2,15,20)(H2,16,17,18,19)/t9-/m1/s1. The van der Waals surface area contributed by atoms with Crippen molar-refractivity contribution in [2.75, 3.05) is 5.32 Å². The lowest BCUT2D eigenvalue weighted by molar-refractivity contribution is 0.100. The summed E-state index contributed by atoms with van der Waals surface area (Å²) in [7, 11) is 0. The highest BCUT2D eigenvalue weighted by Crippen LogP contribution is 2.29. The zero-order chi connectivity index (χ0) is 14.1. The molecule has 0 bridgehead atoms. The van der Waals surface area contributed by atoms with Crippen LogP contribution in [0.1, 0.15) is 29.6 Å². The number of carbonyl (C=O) groups is 1. The number of aromatic amines is 1. The van der Waals surface area contributed by atoms with Crippen molar-refractivity contribution in [1.82, 2.24) is 15.0 Å². The summed E-state index contributed by atoms with van der Waals surface area (Å²) < 4.78 is 1.12. The number of H-pyrrole nitrogens is 1. The molecule has 0 spiro atoms. The van der Waals surface area contributed by atoms with Gasteiger partial charge in [-0.25, -0.2) is 9.97 Å². The Morgan fingerprint density at radius 1 is 1.50 bits per heavy atom. The first-order chi connectivity index (χ1) is 9.66. The minimum absolute atomic E-state index is 0.164. The monoisotopic (exact) mass is 335 g/mol. The molecule has 0 aromatic carbocycles. The van der Waals surface area contributed by atoms with Crippen molar-refractivity contribution in [2.24, 2.45) is 5.73 Å². The highest BCUT2D eigenvalue weighted by atomic mass is 79.9. The Morgan fingerprint density at radius 2 is 2.35 bits per heavy atom. The molecule has 6 nitrogen and oxygen atoms in total. The van der Waals surface area contributed by atoms with Crippen LogP contribution in [0.5, 0.6) is 0 Å². The molecule has 0 radical (unpaired) electrons. The van der Waals surface area contributed by atoms with Gasteiger partial charge in [-0.15, -0.1) is 0 Å². The van der Waals surface area contributed by atoms with E-state index >= 15 is 0 Å². The topological polar surface area (TPSA) is 96.7 Å². The summed E-state index contributed by atoms with van der Waals surface area (Å²) >= 11 is 3.57. The zero-order valence-electron chi connectivity index (χ0n) is 10.7. The SMILES string of the molecule is NC(=O)c1c[nH]c2ncnc(N[C@@H]3CCCC=C3Br)c12. The van der Waals surface area contributed by atoms with Crippen molar-refractivity contribution in [3.63, 3.8) is 0 Å². The Bertz CT molecular complexity index is 693. The number of carbonyl (C=O) groups excluding carboxylic acids is 1. The number of hydrogen-bond acceptors (Lipinski definition) is 4. The van der Waals surface area contributed by atoms with Gasteiger partial charge in [0, 0.05) is 10.7 Å². The quantitative estimate of drug-likeness (QED) is 0.801. The lowest BCUT2D eigenvalue weighted by atomic mass is 10.0. The first kappa shape index (κ1) is 13.1. The van der Waals surface area contributed by atoms with E-state index in [1.165, 1.54) is 6.33 Å². The summed E-state index contributed by atoms with van der Waals surface area (Å²) in [5.74, 6) is 0.134. The molecule has 0 saturated carbocycles. The van der Waals surface area contributed by atoms with Gasteiger partial charge in [0.1, 0.15) is 17.8 Å². The molecule has 104 valence electrons. The van der Waals surface area contributed by atoms with Gasteiger partial charge in [-0.2, -0.15) is 0 Å². The van der Waals surface area contributed by atoms with Gasteiger partial charge in [0.05, 0.1) is 17.0 Å². The lowest BCUT2D eigenvalue weighted by Crippen LogP contribution is -2.23. The van der Waals surface area contributed by atoms with Gasteiger partial charge in [0.15, 0.2) is 0 Å². The maximum atomic E-state index is 11.5. The maximum absolute atomic E-state index is 11.5. The number of aromatic nitrogens is 3. The number of primary amides is 1. The number of nitrogens with two attached hydrogens (primary N) is 1. The van der Waals surface area contributed by atoms with Crippen molar-refractivity contribution < 1.29 is 4.79 Å². The molecule has 2 aromatic rings. The second-order valence-electron chi connectivity index (χ2n) is 4.73.